The normalized spacial score (nSPS) is 22.0. The minimum atomic E-state index is -0.910. The van der Waals surface area contributed by atoms with Gasteiger partial charge in [0.25, 0.3) is 0 Å². The Bertz CT molecular complexity index is 640. The SMILES string of the molecule is CNCC/C=C1\c2ccccc2[C@@H](O)[C@@H](O)c2ccccc21. The molecule has 0 saturated heterocycles. The predicted octanol–water partition coefficient (Wildman–Crippen LogP) is 2.81. The highest BCUT2D eigenvalue weighted by atomic mass is 16.3. The number of aliphatic hydroxyl groups excluding tert-OH is 2. The summed E-state index contributed by atoms with van der Waals surface area (Å²) in [7, 11) is 1.93. The summed E-state index contributed by atoms with van der Waals surface area (Å²) in [6.45, 7) is 0.888. The highest BCUT2D eigenvalue weighted by Crippen LogP contribution is 2.42. The Hall–Kier alpha value is -1.94. The van der Waals surface area contributed by atoms with E-state index in [1.54, 1.807) is 0 Å². The Morgan fingerprint density at radius 2 is 1.41 bits per heavy atom. The predicted molar refractivity (Wildman–Crippen MR) is 88.4 cm³/mol. The van der Waals surface area contributed by atoms with Gasteiger partial charge in [0.05, 0.1) is 0 Å². The van der Waals surface area contributed by atoms with Gasteiger partial charge in [0, 0.05) is 0 Å². The summed E-state index contributed by atoms with van der Waals surface area (Å²) in [5.74, 6) is 0. The lowest BCUT2D eigenvalue weighted by molar-refractivity contribution is 0.0176. The first-order valence-corrected chi connectivity index (χ1v) is 7.63. The maximum atomic E-state index is 10.6. The van der Waals surface area contributed by atoms with E-state index in [0.29, 0.717) is 0 Å². The molecule has 0 radical (unpaired) electrons. The smallest absolute Gasteiger partial charge is 0.110 e. The van der Waals surface area contributed by atoms with E-state index in [9.17, 15) is 10.2 Å². The summed E-state index contributed by atoms with van der Waals surface area (Å²) in [6, 6.07) is 15.5. The summed E-state index contributed by atoms with van der Waals surface area (Å²) in [6.07, 6.45) is 1.25. The zero-order chi connectivity index (χ0) is 15.5. The first-order chi connectivity index (χ1) is 10.7. The van der Waals surface area contributed by atoms with Gasteiger partial charge in [-0.15, -0.1) is 0 Å². The monoisotopic (exact) mass is 295 g/mol. The average Bonchev–Trinajstić information content (AvgIpc) is 2.65. The summed E-state index contributed by atoms with van der Waals surface area (Å²) in [5, 5.41) is 24.3. The van der Waals surface area contributed by atoms with Crippen molar-refractivity contribution in [1.82, 2.24) is 5.32 Å². The Kier molecular flexibility index (Phi) is 4.39. The molecule has 3 heteroatoms. The Morgan fingerprint density at radius 1 is 0.909 bits per heavy atom. The van der Waals surface area contributed by atoms with Crippen LogP contribution in [0.25, 0.3) is 5.57 Å². The molecule has 2 aromatic carbocycles. The van der Waals surface area contributed by atoms with E-state index in [0.717, 1.165) is 40.8 Å². The number of hydrogen-bond donors (Lipinski definition) is 3. The molecule has 0 aromatic heterocycles. The van der Waals surface area contributed by atoms with E-state index < -0.39 is 12.2 Å². The van der Waals surface area contributed by atoms with Crippen molar-refractivity contribution in [3.63, 3.8) is 0 Å². The zero-order valence-corrected chi connectivity index (χ0v) is 12.7. The maximum Gasteiger partial charge on any atom is 0.110 e. The molecular formula is C19H21NO2. The van der Waals surface area contributed by atoms with Crippen LogP contribution in [0.4, 0.5) is 0 Å². The van der Waals surface area contributed by atoms with Crippen LogP contribution in [0, 0.1) is 0 Å². The van der Waals surface area contributed by atoms with Gasteiger partial charge >= 0.3 is 0 Å². The first-order valence-electron chi connectivity index (χ1n) is 7.63. The summed E-state index contributed by atoms with van der Waals surface area (Å²) in [5.41, 5.74) is 4.63. The lowest BCUT2D eigenvalue weighted by Crippen LogP contribution is -2.10. The molecule has 3 N–H and O–H groups in total. The van der Waals surface area contributed by atoms with Crippen molar-refractivity contribution in [2.24, 2.45) is 0 Å². The van der Waals surface area contributed by atoms with Gasteiger partial charge in [0.1, 0.15) is 12.2 Å². The minimum Gasteiger partial charge on any atom is -0.385 e. The van der Waals surface area contributed by atoms with Gasteiger partial charge in [-0.05, 0) is 47.8 Å². The number of nitrogens with one attached hydrogen (secondary N) is 1. The van der Waals surface area contributed by atoms with E-state index >= 15 is 0 Å². The van der Waals surface area contributed by atoms with E-state index in [4.69, 9.17) is 0 Å². The van der Waals surface area contributed by atoms with Crippen LogP contribution in [0.5, 0.6) is 0 Å². The van der Waals surface area contributed by atoms with Crippen LogP contribution in [0.2, 0.25) is 0 Å². The second-order valence-corrected chi connectivity index (χ2v) is 5.57. The summed E-state index contributed by atoms with van der Waals surface area (Å²) >= 11 is 0. The largest absolute Gasteiger partial charge is 0.385 e. The fraction of sp³-hybridized carbons (Fsp3) is 0.263. The van der Waals surface area contributed by atoms with Crippen molar-refractivity contribution in [2.45, 2.75) is 18.6 Å². The third kappa shape index (κ3) is 2.59. The Labute approximate surface area is 130 Å². The lowest BCUT2D eigenvalue weighted by atomic mass is 9.93. The molecule has 0 aliphatic heterocycles. The maximum absolute atomic E-state index is 10.6. The third-order valence-corrected chi connectivity index (χ3v) is 4.18. The molecule has 0 saturated carbocycles. The second-order valence-electron chi connectivity index (χ2n) is 5.57. The van der Waals surface area contributed by atoms with Crippen LogP contribution in [0.3, 0.4) is 0 Å². The number of rotatable bonds is 3. The van der Waals surface area contributed by atoms with Crippen LogP contribution in [0.1, 0.15) is 40.9 Å². The van der Waals surface area contributed by atoms with Crippen LogP contribution in [-0.2, 0) is 0 Å². The minimum absolute atomic E-state index is 0.780. The first kappa shape index (κ1) is 15.0. The highest BCUT2D eigenvalue weighted by molar-refractivity contribution is 5.84. The Balaban J connectivity index is 2.21. The van der Waals surface area contributed by atoms with Crippen molar-refractivity contribution in [2.75, 3.05) is 13.6 Å². The lowest BCUT2D eigenvalue weighted by Gasteiger charge is -2.17. The molecule has 3 rings (SSSR count). The topological polar surface area (TPSA) is 52.5 Å². The van der Waals surface area contributed by atoms with E-state index in [2.05, 4.69) is 11.4 Å². The van der Waals surface area contributed by atoms with Crippen LogP contribution in [-0.4, -0.2) is 23.8 Å². The Morgan fingerprint density at radius 3 is 1.91 bits per heavy atom. The molecule has 0 heterocycles. The molecule has 22 heavy (non-hydrogen) atoms. The molecule has 0 fully saturated rings. The van der Waals surface area contributed by atoms with Gasteiger partial charge in [-0.3, -0.25) is 0 Å². The van der Waals surface area contributed by atoms with Gasteiger partial charge in [0.2, 0.25) is 0 Å². The van der Waals surface area contributed by atoms with Crippen LogP contribution >= 0.6 is 0 Å². The van der Waals surface area contributed by atoms with Crippen LogP contribution < -0.4 is 5.32 Å². The van der Waals surface area contributed by atoms with E-state index in [-0.39, 0.29) is 0 Å². The fourth-order valence-corrected chi connectivity index (χ4v) is 3.07. The van der Waals surface area contributed by atoms with Crippen molar-refractivity contribution >= 4 is 5.57 Å². The number of aliphatic hydroxyl groups is 2. The molecule has 1 aliphatic rings. The molecular weight excluding hydrogens is 274 g/mol. The summed E-state index contributed by atoms with van der Waals surface area (Å²) < 4.78 is 0. The average molecular weight is 295 g/mol. The number of hydrogen-bond acceptors (Lipinski definition) is 3. The third-order valence-electron chi connectivity index (χ3n) is 4.18. The number of benzene rings is 2. The molecule has 0 amide bonds. The highest BCUT2D eigenvalue weighted by Gasteiger charge is 2.30. The van der Waals surface area contributed by atoms with E-state index in [1.165, 1.54) is 0 Å². The van der Waals surface area contributed by atoms with Crippen LogP contribution in [0.15, 0.2) is 54.6 Å². The zero-order valence-electron chi connectivity index (χ0n) is 12.7. The molecule has 0 bridgehead atoms. The molecule has 114 valence electrons. The van der Waals surface area contributed by atoms with E-state index in [1.807, 2.05) is 55.6 Å². The molecule has 2 aromatic rings. The van der Waals surface area contributed by atoms with Gasteiger partial charge in [-0.25, -0.2) is 0 Å². The molecule has 2 atom stereocenters. The number of fused-ring (bicyclic) bond motifs is 2. The molecule has 3 nitrogen and oxygen atoms in total. The van der Waals surface area contributed by atoms with Crippen molar-refractivity contribution in [3.05, 3.63) is 76.9 Å². The van der Waals surface area contributed by atoms with Crippen molar-refractivity contribution < 1.29 is 10.2 Å². The van der Waals surface area contributed by atoms with Gasteiger partial charge in [-0.1, -0.05) is 54.6 Å². The van der Waals surface area contributed by atoms with Gasteiger partial charge in [0.15, 0.2) is 0 Å². The quantitative estimate of drug-likeness (QED) is 0.763. The molecule has 0 spiro atoms. The van der Waals surface area contributed by atoms with Crippen molar-refractivity contribution in [3.8, 4) is 0 Å². The molecule has 1 aliphatic carbocycles. The standard InChI is InChI=1S/C19H21NO2/c1-20-12-6-11-13-14-7-2-4-9-16(14)18(21)19(22)17-10-5-3-8-15(13)17/h2-5,7-11,18-22H,6,12H2,1H3/b13-11-/t18-,19+/m0/s1. The fourth-order valence-electron chi connectivity index (χ4n) is 3.07. The summed E-state index contributed by atoms with van der Waals surface area (Å²) in [4.78, 5) is 0. The molecule has 0 unspecified atom stereocenters. The second kappa shape index (κ2) is 6.44. The van der Waals surface area contributed by atoms with Gasteiger partial charge in [-0.2, -0.15) is 0 Å². The van der Waals surface area contributed by atoms with Gasteiger partial charge < -0.3 is 15.5 Å². The van der Waals surface area contributed by atoms with Crippen molar-refractivity contribution in [1.29, 1.82) is 0 Å².